The third-order valence-corrected chi connectivity index (χ3v) is 4.00. The first-order chi connectivity index (χ1) is 11.5. The molecule has 1 fully saturated rings. The minimum Gasteiger partial charge on any atom is -0.396 e. The molecule has 3 N–H and O–H groups in total. The summed E-state index contributed by atoms with van der Waals surface area (Å²) in [5.41, 5.74) is 0.0395. The molecular formula is C17H26F2N4O. The smallest absolute Gasteiger partial charge is 0.191 e. The third-order valence-electron chi connectivity index (χ3n) is 4.00. The summed E-state index contributed by atoms with van der Waals surface area (Å²) in [5, 5.41) is 15.5. The number of nitrogens with zero attached hydrogens (tertiary/aromatic N) is 2. The third kappa shape index (κ3) is 4.80. The highest BCUT2D eigenvalue weighted by Gasteiger charge is 2.27. The number of hydrogen-bond acceptors (Lipinski definition) is 3. The van der Waals surface area contributed by atoms with Crippen molar-refractivity contribution in [2.45, 2.75) is 26.3 Å². The minimum absolute atomic E-state index is 0.0395. The van der Waals surface area contributed by atoms with Crippen LogP contribution in [0.25, 0.3) is 0 Å². The first kappa shape index (κ1) is 18.4. The summed E-state index contributed by atoms with van der Waals surface area (Å²) >= 11 is 0. The molecule has 5 nitrogen and oxygen atoms in total. The van der Waals surface area contributed by atoms with E-state index in [0.717, 1.165) is 13.0 Å². The number of aliphatic hydroxyl groups excluding tert-OH is 1. The second kappa shape index (κ2) is 8.82. The summed E-state index contributed by atoms with van der Waals surface area (Å²) < 4.78 is 27.8. The van der Waals surface area contributed by atoms with Gasteiger partial charge < -0.3 is 20.6 Å². The second-order valence-corrected chi connectivity index (χ2v) is 6.15. The van der Waals surface area contributed by atoms with Gasteiger partial charge in [0.15, 0.2) is 5.96 Å². The Labute approximate surface area is 141 Å². The number of guanidine groups is 1. The van der Waals surface area contributed by atoms with E-state index in [9.17, 15) is 8.78 Å². The maximum Gasteiger partial charge on any atom is 0.191 e. The molecule has 2 unspecified atom stereocenters. The topological polar surface area (TPSA) is 59.9 Å². The van der Waals surface area contributed by atoms with Crippen molar-refractivity contribution in [1.82, 2.24) is 10.6 Å². The van der Waals surface area contributed by atoms with Crippen LogP contribution >= 0.6 is 0 Å². The number of aliphatic imine (C=N–C) groups is 1. The summed E-state index contributed by atoms with van der Waals surface area (Å²) in [4.78, 5) is 6.17. The van der Waals surface area contributed by atoms with Crippen LogP contribution in [0.4, 0.5) is 14.5 Å². The SMILES string of the molecule is CCNC(=NCC(C)CO)NC1CCN(c2c(F)cccc2F)C1. The van der Waals surface area contributed by atoms with Crippen LogP contribution in [-0.2, 0) is 0 Å². The van der Waals surface area contributed by atoms with E-state index in [4.69, 9.17) is 5.11 Å². The number of hydrogen-bond donors (Lipinski definition) is 3. The van der Waals surface area contributed by atoms with Gasteiger partial charge in [-0.25, -0.2) is 8.78 Å². The van der Waals surface area contributed by atoms with Gasteiger partial charge in [0.05, 0.1) is 0 Å². The van der Waals surface area contributed by atoms with E-state index in [1.807, 2.05) is 13.8 Å². The van der Waals surface area contributed by atoms with Gasteiger partial charge in [-0.1, -0.05) is 13.0 Å². The van der Waals surface area contributed by atoms with Gasteiger partial charge in [0.25, 0.3) is 0 Å². The highest BCUT2D eigenvalue weighted by molar-refractivity contribution is 5.80. The summed E-state index contributed by atoms with van der Waals surface area (Å²) in [6.45, 7) is 6.32. The fourth-order valence-electron chi connectivity index (χ4n) is 2.69. The van der Waals surface area contributed by atoms with Gasteiger partial charge >= 0.3 is 0 Å². The average Bonchev–Trinajstić information content (AvgIpc) is 3.00. The number of para-hydroxylation sites is 1. The molecule has 0 radical (unpaired) electrons. The van der Waals surface area contributed by atoms with Gasteiger partial charge in [-0.3, -0.25) is 4.99 Å². The predicted octanol–water partition coefficient (Wildman–Crippen LogP) is 1.73. The van der Waals surface area contributed by atoms with Crippen LogP contribution < -0.4 is 15.5 Å². The maximum absolute atomic E-state index is 13.9. The number of anilines is 1. The summed E-state index contributed by atoms with van der Waals surface area (Å²) in [6.07, 6.45) is 0.772. The van der Waals surface area contributed by atoms with Crippen LogP contribution in [0, 0.1) is 17.6 Å². The van der Waals surface area contributed by atoms with Gasteiger partial charge in [0.1, 0.15) is 17.3 Å². The first-order valence-corrected chi connectivity index (χ1v) is 8.39. The Morgan fingerprint density at radius 2 is 2.12 bits per heavy atom. The predicted molar refractivity (Wildman–Crippen MR) is 92.3 cm³/mol. The standard InChI is InChI=1S/C17H26F2N4O/c1-3-20-17(21-9-12(2)11-24)22-13-7-8-23(10-13)16-14(18)5-4-6-15(16)19/h4-6,12-13,24H,3,7-11H2,1-2H3,(H2,20,21,22). The zero-order valence-electron chi connectivity index (χ0n) is 14.2. The largest absolute Gasteiger partial charge is 0.396 e. The number of nitrogens with one attached hydrogen (secondary N) is 2. The van der Waals surface area contributed by atoms with Crippen molar-refractivity contribution in [3.05, 3.63) is 29.8 Å². The van der Waals surface area contributed by atoms with E-state index >= 15 is 0 Å². The highest BCUT2D eigenvalue weighted by Crippen LogP contribution is 2.26. The Bertz CT molecular complexity index is 547. The molecule has 0 aromatic heterocycles. The van der Waals surface area contributed by atoms with E-state index in [-0.39, 0.29) is 24.3 Å². The molecule has 24 heavy (non-hydrogen) atoms. The quantitative estimate of drug-likeness (QED) is 0.545. The molecular weight excluding hydrogens is 314 g/mol. The molecule has 0 aliphatic carbocycles. The van der Waals surface area contributed by atoms with Crippen molar-refractivity contribution in [3.8, 4) is 0 Å². The summed E-state index contributed by atoms with van der Waals surface area (Å²) in [7, 11) is 0. The highest BCUT2D eigenvalue weighted by atomic mass is 19.1. The Morgan fingerprint density at radius 3 is 2.75 bits per heavy atom. The Kier molecular flexibility index (Phi) is 6.78. The number of aliphatic hydroxyl groups is 1. The molecule has 1 saturated heterocycles. The van der Waals surface area contributed by atoms with Crippen LogP contribution in [0.5, 0.6) is 0 Å². The van der Waals surface area contributed by atoms with Crippen molar-refractivity contribution in [1.29, 1.82) is 0 Å². The number of rotatable bonds is 6. The van der Waals surface area contributed by atoms with Gasteiger partial charge in [-0.2, -0.15) is 0 Å². The van der Waals surface area contributed by atoms with E-state index in [0.29, 0.717) is 25.6 Å². The second-order valence-electron chi connectivity index (χ2n) is 6.15. The summed E-state index contributed by atoms with van der Waals surface area (Å²) in [5.74, 6) is -0.312. The molecule has 0 saturated carbocycles. The fourth-order valence-corrected chi connectivity index (χ4v) is 2.69. The monoisotopic (exact) mass is 340 g/mol. The molecule has 1 aromatic carbocycles. The van der Waals surface area contributed by atoms with Crippen LogP contribution in [0.2, 0.25) is 0 Å². The summed E-state index contributed by atoms with van der Waals surface area (Å²) in [6, 6.07) is 3.99. The van der Waals surface area contributed by atoms with Crippen molar-refractivity contribution in [2.24, 2.45) is 10.9 Å². The van der Waals surface area contributed by atoms with E-state index in [1.54, 1.807) is 4.90 Å². The molecule has 0 bridgehead atoms. The normalized spacial score (nSPS) is 19.5. The van der Waals surface area contributed by atoms with Crippen LogP contribution in [0.15, 0.2) is 23.2 Å². The van der Waals surface area contributed by atoms with E-state index < -0.39 is 11.6 Å². The van der Waals surface area contributed by atoms with Crippen molar-refractivity contribution in [2.75, 3.05) is 37.7 Å². The zero-order valence-corrected chi connectivity index (χ0v) is 14.2. The van der Waals surface area contributed by atoms with Gasteiger partial charge in [-0.15, -0.1) is 0 Å². The van der Waals surface area contributed by atoms with Crippen molar-refractivity contribution in [3.63, 3.8) is 0 Å². The molecule has 0 spiro atoms. The van der Waals surface area contributed by atoms with E-state index in [2.05, 4.69) is 15.6 Å². The molecule has 7 heteroatoms. The molecule has 1 aliphatic heterocycles. The number of benzene rings is 1. The Morgan fingerprint density at radius 1 is 1.42 bits per heavy atom. The molecule has 2 atom stereocenters. The average molecular weight is 340 g/mol. The van der Waals surface area contributed by atoms with Crippen molar-refractivity contribution < 1.29 is 13.9 Å². The Hall–Kier alpha value is -1.89. The molecule has 1 aliphatic rings. The van der Waals surface area contributed by atoms with Gasteiger partial charge in [0, 0.05) is 38.8 Å². The number of halogens is 2. The fraction of sp³-hybridized carbons (Fsp3) is 0.588. The van der Waals surface area contributed by atoms with Gasteiger partial charge in [-0.05, 0) is 31.4 Å². The van der Waals surface area contributed by atoms with Gasteiger partial charge in [0.2, 0.25) is 0 Å². The van der Waals surface area contributed by atoms with Crippen LogP contribution in [0.1, 0.15) is 20.3 Å². The lowest BCUT2D eigenvalue weighted by atomic mass is 10.2. The molecule has 1 aromatic rings. The van der Waals surface area contributed by atoms with Crippen LogP contribution in [0.3, 0.4) is 0 Å². The molecule has 0 amide bonds. The maximum atomic E-state index is 13.9. The molecule has 2 rings (SSSR count). The Balaban J connectivity index is 1.99. The van der Waals surface area contributed by atoms with Crippen LogP contribution in [-0.4, -0.2) is 49.9 Å². The first-order valence-electron chi connectivity index (χ1n) is 8.39. The van der Waals surface area contributed by atoms with Crippen molar-refractivity contribution >= 4 is 11.6 Å². The lowest BCUT2D eigenvalue weighted by Gasteiger charge is -2.21. The minimum atomic E-state index is -0.534. The lowest BCUT2D eigenvalue weighted by molar-refractivity contribution is 0.241. The molecule has 1 heterocycles. The zero-order chi connectivity index (χ0) is 17.5. The lowest BCUT2D eigenvalue weighted by Crippen LogP contribution is -2.45. The van der Waals surface area contributed by atoms with E-state index in [1.165, 1.54) is 18.2 Å². The molecule has 134 valence electrons.